The average molecular weight is 280 g/mol. The second-order valence-electron chi connectivity index (χ2n) is 5.05. The van der Waals surface area contributed by atoms with Gasteiger partial charge in [0.05, 0.1) is 18.4 Å². The van der Waals surface area contributed by atoms with Gasteiger partial charge in [-0.3, -0.25) is 9.59 Å². The summed E-state index contributed by atoms with van der Waals surface area (Å²) in [7, 11) is 0. The van der Waals surface area contributed by atoms with Crippen LogP contribution in [0.25, 0.3) is 0 Å². The molecule has 4 nitrogen and oxygen atoms in total. The van der Waals surface area contributed by atoms with E-state index < -0.39 is 5.97 Å². The molecule has 2 atom stereocenters. The highest BCUT2D eigenvalue weighted by Crippen LogP contribution is 2.19. The van der Waals surface area contributed by atoms with E-state index in [4.69, 9.17) is 9.84 Å². The molecule has 112 valence electrons. The van der Waals surface area contributed by atoms with Gasteiger partial charge in [-0.2, -0.15) is 0 Å². The first-order valence-corrected chi connectivity index (χ1v) is 7.34. The minimum atomic E-state index is -0.653. The van der Waals surface area contributed by atoms with Crippen molar-refractivity contribution < 1.29 is 19.4 Å². The summed E-state index contributed by atoms with van der Waals surface area (Å²) >= 11 is 0. The molecular weight excluding hydrogens is 256 g/mol. The molecular formula is C16H24O4. The summed E-state index contributed by atoms with van der Waals surface area (Å²) in [5.74, 6) is -0.675. The van der Waals surface area contributed by atoms with Crippen molar-refractivity contribution >= 4 is 11.9 Å². The summed E-state index contributed by atoms with van der Waals surface area (Å²) in [6, 6.07) is 0. The Morgan fingerprint density at radius 3 is 1.95 bits per heavy atom. The van der Waals surface area contributed by atoms with Crippen LogP contribution in [0.4, 0.5) is 0 Å². The number of hydrogen-bond donors (Lipinski definition) is 1. The molecule has 0 spiro atoms. The first kappa shape index (κ1) is 16.5. The van der Waals surface area contributed by atoms with Crippen LogP contribution < -0.4 is 0 Å². The second-order valence-corrected chi connectivity index (χ2v) is 5.05. The van der Waals surface area contributed by atoms with Crippen molar-refractivity contribution in [2.24, 2.45) is 11.8 Å². The SMILES string of the molecule is CCOC(=O)[C@H]1CC=CCC1.O=C(O)[C@H]1CC=CCC1. The van der Waals surface area contributed by atoms with Gasteiger partial charge in [0.25, 0.3) is 0 Å². The molecule has 0 aromatic rings. The summed E-state index contributed by atoms with van der Waals surface area (Å²) in [6.45, 7) is 2.34. The zero-order valence-electron chi connectivity index (χ0n) is 12.1. The predicted octanol–water partition coefficient (Wildman–Crippen LogP) is 3.33. The zero-order valence-corrected chi connectivity index (χ0v) is 12.1. The van der Waals surface area contributed by atoms with Gasteiger partial charge in [0.1, 0.15) is 0 Å². The van der Waals surface area contributed by atoms with Crippen LogP contribution in [0, 0.1) is 11.8 Å². The molecule has 0 fully saturated rings. The largest absolute Gasteiger partial charge is 0.481 e. The maximum absolute atomic E-state index is 11.1. The summed E-state index contributed by atoms with van der Waals surface area (Å²) in [4.78, 5) is 21.5. The van der Waals surface area contributed by atoms with Crippen molar-refractivity contribution in [3.8, 4) is 0 Å². The van der Waals surface area contributed by atoms with E-state index in [1.165, 1.54) is 0 Å². The van der Waals surface area contributed by atoms with Crippen LogP contribution in [0.3, 0.4) is 0 Å². The minimum Gasteiger partial charge on any atom is -0.481 e. The van der Waals surface area contributed by atoms with E-state index in [-0.39, 0.29) is 17.8 Å². The van der Waals surface area contributed by atoms with Gasteiger partial charge in [0.2, 0.25) is 0 Å². The van der Waals surface area contributed by atoms with Crippen molar-refractivity contribution in [3.05, 3.63) is 24.3 Å². The van der Waals surface area contributed by atoms with Crippen LogP contribution in [-0.2, 0) is 14.3 Å². The van der Waals surface area contributed by atoms with E-state index in [9.17, 15) is 9.59 Å². The van der Waals surface area contributed by atoms with Crippen LogP contribution in [0.5, 0.6) is 0 Å². The first-order valence-electron chi connectivity index (χ1n) is 7.34. The van der Waals surface area contributed by atoms with Gasteiger partial charge in [-0.25, -0.2) is 0 Å². The van der Waals surface area contributed by atoms with Gasteiger partial charge < -0.3 is 9.84 Å². The number of ether oxygens (including phenoxy) is 1. The summed E-state index contributed by atoms with van der Waals surface area (Å²) in [6.07, 6.45) is 13.5. The van der Waals surface area contributed by atoms with E-state index >= 15 is 0 Å². The van der Waals surface area contributed by atoms with E-state index in [1.807, 2.05) is 19.1 Å². The van der Waals surface area contributed by atoms with Gasteiger partial charge in [0.15, 0.2) is 0 Å². The number of carbonyl (C=O) groups excluding carboxylic acids is 1. The number of esters is 1. The van der Waals surface area contributed by atoms with Crippen molar-refractivity contribution in [2.75, 3.05) is 6.61 Å². The maximum Gasteiger partial charge on any atom is 0.309 e. The smallest absolute Gasteiger partial charge is 0.309 e. The van der Waals surface area contributed by atoms with Crippen LogP contribution in [0.1, 0.15) is 45.4 Å². The molecule has 0 heterocycles. The fraction of sp³-hybridized carbons (Fsp3) is 0.625. The summed E-state index contributed by atoms with van der Waals surface area (Å²) < 4.78 is 4.91. The fourth-order valence-corrected chi connectivity index (χ4v) is 2.29. The standard InChI is InChI=1S/C9H14O2.C7H10O2/c1-2-11-9(10)8-6-4-3-5-7-8;8-7(9)6-4-2-1-3-5-6/h3-4,8H,2,5-7H2,1H3;1-2,6H,3-5H2,(H,8,9)/t8-;6-/m00/s1. The molecule has 0 saturated carbocycles. The Morgan fingerprint density at radius 1 is 1.05 bits per heavy atom. The predicted molar refractivity (Wildman–Crippen MR) is 77.2 cm³/mol. The number of aliphatic carboxylic acids is 1. The monoisotopic (exact) mass is 280 g/mol. The molecule has 2 aliphatic carbocycles. The number of rotatable bonds is 3. The van der Waals surface area contributed by atoms with E-state index in [0.29, 0.717) is 6.61 Å². The molecule has 2 aliphatic rings. The number of carboxylic acid groups (broad SMARTS) is 1. The lowest BCUT2D eigenvalue weighted by Gasteiger charge is -2.15. The first-order chi connectivity index (χ1) is 9.65. The van der Waals surface area contributed by atoms with Gasteiger partial charge in [-0.05, 0) is 45.4 Å². The highest BCUT2D eigenvalue weighted by atomic mass is 16.5. The lowest BCUT2D eigenvalue weighted by atomic mass is 9.95. The lowest BCUT2D eigenvalue weighted by molar-refractivity contribution is -0.148. The number of carbonyl (C=O) groups is 2. The Balaban J connectivity index is 0.000000204. The number of carboxylic acids is 1. The molecule has 0 unspecified atom stereocenters. The summed E-state index contributed by atoms with van der Waals surface area (Å²) in [5.41, 5.74) is 0. The molecule has 0 aromatic carbocycles. The van der Waals surface area contributed by atoms with E-state index in [2.05, 4.69) is 12.2 Å². The molecule has 20 heavy (non-hydrogen) atoms. The fourth-order valence-electron chi connectivity index (χ4n) is 2.29. The van der Waals surface area contributed by atoms with Crippen molar-refractivity contribution in [1.29, 1.82) is 0 Å². The van der Waals surface area contributed by atoms with Gasteiger partial charge in [0, 0.05) is 0 Å². The van der Waals surface area contributed by atoms with Gasteiger partial charge in [-0.15, -0.1) is 0 Å². The summed E-state index contributed by atoms with van der Waals surface area (Å²) in [5, 5.41) is 8.50. The highest BCUT2D eigenvalue weighted by Gasteiger charge is 2.19. The Kier molecular flexibility index (Phi) is 7.70. The van der Waals surface area contributed by atoms with Crippen LogP contribution >= 0.6 is 0 Å². The molecule has 4 heteroatoms. The number of hydrogen-bond acceptors (Lipinski definition) is 3. The average Bonchev–Trinajstić information content (AvgIpc) is 2.50. The molecule has 0 aromatic heterocycles. The lowest BCUT2D eigenvalue weighted by Crippen LogP contribution is -2.18. The zero-order chi connectivity index (χ0) is 14.8. The Labute approximate surface area is 120 Å². The normalized spacial score (nSPS) is 24.4. The third-order valence-electron chi connectivity index (χ3n) is 3.51. The van der Waals surface area contributed by atoms with Crippen LogP contribution in [-0.4, -0.2) is 23.7 Å². The molecule has 2 rings (SSSR count). The minimum absolute atomic E-state index is 0.0307. The van der Waals surface area contributed by atoms with E-state index in [0.717, 1.165) is 38.5 Å². The molecule has 0 bridgehead atoms. The number of allylic oxidation sites excluding steroid dienone is 4. The Morgan fingerprint density at radius 2 is 1.60 bits per heavy atom. The van der Waals surface area contributed by atoms with Crippen LogP contribution in [0.15, 0.2) is 24.3 Å². The third-order valence-corrected chi connectivity index (χ3v) is 3.51. The van der Waals surface area contributed by atoms with Gasteiger partial charge in [-0.1, -0.05) is 24.3 Å². The van der Waals surface area contributed by atoms with Crippen molar-refractivity contribution in [2.45, 2.75) is 45.4 Å². The molecule has 0 radical (unpaired) electrons. The van der Waals surface area contributed by atoms with E-state index in [1.54, 1.807) is 0 Å². The van der Waals surface area contributed by atoms with Crippen molar-refractivity contribution in [3.63, 3.8) is 0 Å². The molecule has 0 amide bonds. The third kappa shape index (κ3) is 6.04. The molecule has 0 saturated heterocycles. The van der Waals surface area contributed by atoms with Crippen molar-refractivity contribution in [1.82, 2.24) is 0 Å². The Bertz CT molecular complexity index is 371. The van der Waals surface area contributed by atoms with Gasteiger partial charge >= 0.3 is 11.9 Å². The maximum atomic E-state index is 11.1. The second kappa shape index (κ2) is 9.34. The topological polar surface area (TPSA) is 63.6 Å². The quantitative estimate of drug-likeness (QED) is 0.636. The Hall–Kier alpha value is -1.58. The molecule has 0 aliphatic heterocycles. The molecule has 1 N–H and O–H groups in total. The highest BCUT2D eigenvalue weighted by molar-refractivity contribution is 5.72. The van der Waals surface area contributed by atoms with Crippen LogP contribution in [0.2, 0.25) is 0 Å².